The number of nitrogens with one attached hydrogen (secondary N) is 1. The van der Waals surface area contributed by atoms with E-state index in [2.05, 4.69) is 40.2 Å². The van der Waals surface area contributed by atoms with Gasteiger partial charge in [0.25, 0.3) is 0 Å². The van der Waals surface area contributed by atoms with E-state index >= 15 is 0 Å². The highest BCUT2D eigenvalue weighted by atomic mass is 32.1. The quantitative estimate of drug-likeness (QED) is 0.875. The lowest BCUT2D eigenvalue weighted by molar-refractivity contribution is -0.123. The molecule has 6 heteroatoms. The summed E-state index contributed by atoms with van der Waals surface area (Å²) in [5.74, 6) is 1.27. The molecule has 0 spiro atoms. The van der Waals surface area contributed by atoms with Gasteiger partial charge >= 0.3 is 0 Å². The molecule has 2 atom stereocenters. The van der Waals surface area contributed by atoms with Crippen molar-refractivity contribution in [2.75, 3.05) is 13.1 Å². The molecule has 0 bridgehead atoms. The first-order valence-electron chi connectivity index (χ1n) is 9.74. The van der Waals surface area contributed by atoms with Gasteiger partial charge in [0, 0.05) is 17.6 Å². The number of carbonyl (C=O) groups is 1. The van der Waals surface area contributed by atoms with Crippen LogP contribution in [-0.4, -0.2) is 33.4 Å². The highest BCUT2D eigenvalue weighted by molar-refractivity contribution is 7.10. The summed E-state index contributed by atoms with van der Waals surface area (Å²) >= 11 is 1.69. The van der Waals surface area contributed by atoms with Gasteiger partial charge in [0.05, 0.1) is 24.3 Å². The van der Waals surface area contributed by atoms with Crippen molar-refractivity contribution in [3.8, 4) is 0 Å². The molecule has 2 aromatic heterocycles. The van der Waals surface area contributed by atoms with Crippen LogP contribution >= 0.6 is 11.3 Å². The van der Waals surface area contributed by atoms with E-state index < -0.39 is 0 Å². The fraction of sp³-hybridized carbons (Fsp3) is 0.600. The summed E-state index contributed by atoms with van der Waals surface area (Å²) in [7, 11) is 2.15. The molecule has 5 nitrogen and oxygen atoms in total. The Morgan fingerprint density at radius 3 is 3.00 bits per heavy atom. The molecule has 1 amide bonds. The summed E-state index contributed by atoms with van der Waals surface area (Å²) in [4.78, 5) is 21.1. The number of amides is 1. The minimum Gasteiger partial charge on any atom is -0.348 e. The summed E-state index contributed by atoms with van der Waals surface area (Å²) in [6.07, 6.45) is 7.00. The van der Waals surface area contributed by atoms with E-state index in [0.29, 0.717) is 6.54 Å². The van der Waals surface area contributed by atoms with Crippen molar-refractivity contribution in [3.63, 3.8) is 0 Å². The fourth-order valence-electron chi connectivity index (χ4n) is 4.39. The number of carbonyl (C=O) groups excluding carboxylic acids is 1. The van der Waals surface area contributed by atoms with Crippen LogP contribution in [-0.2, 0) is 24.7 Å². The average molecular weight is 373 g/mol. The molecule has 3 heterocycles. The molecule has 0 saturated carbocycles. The molecule has 1 N–H and O–H groups in total. The van der Waals surface area contributed by atoms with Crippen molar-refractivity contribution in [1.29, 1.82) is 0 Å². The normalized spacial score (nSPS) is 21.5. The van der Waals surface area contributed by atoms with E-state index in [1.807, 2.05) is 6.07 Å². The maximum atomic E-state index is 12.6. The van der Waals surface area contributed by atoms with Crippen LogP contribution < -0.4 is 5.32 Å². The van der Waals surface area contributed by atoms with Crippen LogP contribution in [0, 0.1) is 0 Å². The first-order valence-corrected chi connectivity index (χ1v) is 10.6. The molecule has 1 aliphatic carbocycles. The maximum Gasteiger partial charge on any atom is 0.234 e. The lowest BCUT2D eigenvalue weighted by atomic mass is 10.0. The number of thiophene rings is 1. The zero-order chi connectivity index (χ0) is 18.1. The van der Waals surface area contributed by atoms with E-state index in [9.17, 15) is 4.79 Å². The van der Waals surface area contributed by atoms with Gasteiger partial charge in [0.15, 0.2) is 0 Å². The van der Waals surface area contributed by atoms with Crippen LogP contribution in [0.1, 0.15) is 66.8 Å². The predicted molar refractivity (Wildman–Crippen MR) is 104 cm³/mol. The monoisotopic (exact) mass is 372 g/mol. The third-order valence-corrected chi connectivity index (χ3v) is 6.82. The Hall–Kier alpha value is -1.66. The number of hydrogen-bond donors (Lipinski definition) is 1. The van der Waals surface area contributed by atoms with Gasteiger partial charge in [-0.25, -0.2) is 4.98 Å². The minimum absolute atomic E-state index is 0.0732. The number of imidazole rings is 1. The first kappa shape index (κ1) is 17.7. The van der Waals surface area contributed by atoms with Crippen LogP contribution in [0.3, 0.4) is 0 Å². The minimum atomic E-state index is 0.0732. The molecule has 2 aromatic rings. The zero-order valence-corrected chi connectivity index (χ0v) is 16.5. The Bertz CT molecular complexity index is 767. The van der Waals surface area contributed by atoms with Gasteiger partial charge in [-0.05, 0) is 63.4 Å². The third kappa shape index (κ3) is 3.45. The van der Waals surface area contributed by atoms with Gasteiger partial charge in [-0.1, -0.05) is 6.07 Å². The SMILES string of the molecule is C[C@@H](NC(=O)CN1CCC[C@H]1c1nc2c(n1C)CCCC2)c1cccs1. The molecule has 1 fully saturated rings. The van der Waals surface area contributed by atoms with Gasteiger partial charge in [-0.3, -0.25) is 9.69 Å². The number of nitrogens with zero attached hydrogens (tertiary/aromatic N) is 3. The zero-order valence-electron chi connectivity index (χ0n) is 15.7. The van der Waals surface area contributed by atoms with Crippen LogP contribution in [0.4, 0.5) is 0 Å². The molecule has 0 aromatic carbocycles. The summed E-state index contributed by atoms with van der Waals surface area (Å²) in [6, 6.07) is 4.45. The Balaban J connectivity index is 1.44. The van der Waals surface area contributed by atoms with Gasteiger partial charge in [0.2, 0.25) is 5.91 Å². The lowest BCUT2D eigenvalue weighted by Gasteiger charge is -2.24. The second-order valence-electron chi connectivity index (χ2n) is 7.56. The number of aryl methyl sites for hydroxylation is 1. The van der Waals surface area contributed by atoms with Crippen LogP contribution in [0.25, 0.3) is 0 Å². The standard InChI is InChI=1S/C20H28N4OS/c1-14(18-10-6-12-26-18)21-19(25)13-24-11-5-9-17(24)20-22-15-7-3-4-8-16(15)23(20)2/h6,10,12,14,17H,3-5,7-9,11,13H2,1-2H3,(H,21,25)/t14-,17+/m1/s1. The Kier molecular flexibility index (Phi) is 5.14. The first-order chi connectivity index (χ1) is 12.6. The topological polar surface area (TPSA) is 50.2 Å². The molecule has 0 unspecified atom stereocenters. The molecule has 1 saturated heterocycles. The van der Waals surface area contributed by atoms with Gasteiger partial charge < -0.3 is 9.88 Å². The van der Waals surface area contributed by atoms with Crippen LogP contribution in [0.5, 0.6) is 0 Å². The second kappa shape index (κ2) is 7.53. The van der Waals surface area contributed by atoms with Crippen molar-refractivity contribution >= 4 is 17.2 Å². The third-order valence-electron chi connectivity index (χ3n) is 5.76. The Labute approximate surface area is 159 Å². The Morgan fingerprint density at radius 2 is 2.23 bits per heavy atom. The van der Waals surface area contributed by atoms with Crippen molar-refractivity contribution in [3.05, 3.63) is 39.6 Å². The Morgan fingerprint density at radius 1 is 1.38 bits per heavy atom. The molecular formula is C20H28N4OS. The summed E-state index contributed by atoms with van der Waals surface area (Å²) in [6.45, 7) is 3.49. The van der Waals surface area contributed by atoms with Crippen molar-refractivity contribution in [1.82, 2.24) is 19.8 Å². The number of rotatable bonds is 5. The van der Waals surface area contributed by atoms with Crippen molar-refractivity contribution in [2.24, 2.45) is 7.05 Å². The molecule has 4 rings (SSSR count). The van der Waals surface area contributed by atoms with Crippen molar-refractivity contribution < 1.29 is 4.79 Å². The highest BCUT2D eigenvalue weighted by Gasteiger charge is 2.32. The molecule has 26 heavy (non-hydrogen) atoms. The molecule has 140 valence electrons. The van der Waals surface area contributed by atoms with Gasteiger partial charge in [0.1, 0.15) is 5.82 Å². The van der Waals surface area contributed by atoms with E-state index in [4.69, 9.17) is 4.98 Å². The molecular weight excluding hydrogens is 344 g/mol. The summed E-state index contributed by atoms with van der Waals surface area (Å²) < 4.78 is 2.31. The lowest BCUT2D eigenvalue weighted by Crippen LogP contribution is -2.38. The number of fused-ring (bicyclic) bond motifs is 1. The largest absolute Gasteiger partial charge is 0.348 e. The highest BCUT2D eigenvalue weighted by Crippen LogP contribution is 2.33. The number of likely N-dealkylation sites (tertiary alicyclic amines) is 1. The molecule has 1 aliphatic heterocycles. The molecule has 0 radical (unpaired) electrons. The molecule has 2 aliphatic rings. The smallest absolute Gasteiger partial charge is 0.234 e. The van der Waals surface area contributed by atoms with Crippen LogP contribution in [0.15, 0.2) is 17.5 Å². The number of aromatic nitrogens is 2. The van der Waals surface area contributed by atoms with E-state index in [1.165, 1.54) is 29.1 Å². The van der Waals surface area contributed by atoms with E-state index in [1.54, 1.807) is 11.3 Å². The van der Waals surface area contributed by atoms with Gasteiger partial charge in [-0.15, -0.1) is 11.3 Å². The summed E-state index contributed by atoms with van der Waals surface area (Å²) in [5, 5.41) is 5.20. The van der Waals surface area contributed by atoms with Crippen molar-refractivity contribution in [2.45, 2.75) is 57.5 Å². The maximum absolute atomic E-state index is 12.6. The number of hydrogen-bond acceptors (Lipinski definition) is 4. The van der Waals surface area contributed by atoms with E-state index in [-0.39, 0.29) is 18.0 Å². The van der Waals surface area contributed by atoms with Gasteiger partial charge in [-0.2, -0.15) is 0 Å². The van der Waals surface area contributed by atoms with E-state index in [0.717, 1.165) is 38.1 Å². The van der Waals surface area contributed by atoms with Crippen LogP contribution in [0.2, 0.25) is 0 Å². The average Bonchev–Trinajstić information content (AvgIpc) is 3.36. The predicted octanol–water partition coefficient (Wildman–Crippen LogP) is 3.37. The second-order valence-corrected chi connectivity index (χ2v) is 8.54. The summed E-state index contributed by atoms with van der Waals surface area (Å²) in [5.41, 5.74) is 2.70. The fourth-order valence-corrected chi connectivity index (χ4v) is 5.13.